The fourth-order valence-electron chi connectivity index (χ4n) is 5.85. The van der Waals surface area contributed by atoms with Gasteiger partial charge in [-0.2, -0.15) is 0 Å². The van der Waals surface area contributed by atoms with Crippen LogP contribution in [0.5, 0.6) is 0 Å². The van der Waals surface area contributed by atoms with Crippen LogP contribution in [0.3, 0.4) is 0 Å². The molecule has 3 atom stereocenters. The van der Waals surface area contributed by atoms with E-state index in [1.54, 1.807) is 6.08 Å². The second kappa shape index (κ2) is 15.2. The lowest BCUT2D eigenvalue weighted by Gasteiger charge is -2.49. The van der Waals surface area contributed by atoms with Gasteiger partial charge in [0.1, 0.15) is 0 Å². The number of nitrogens with zero attached hydrogens (tertiary/aromatic N) is 1. The molecule has 1 aliphatic rings. The quantitative estimate of drug-likeness (QED) is 0.182. The molecule has 210 valence electrons. The number of rotatable bonds is 13. The average molecular weight is 532 g/mol. The summed E-state index contributed by atoms with van der Waals surface area (Å²) < 4.78 is 0. The Bertz CT molecular complexity index is 1300. The number of allylic oxidation sites excluding steroid dienone is 18. The summed E-state index contributed by atoms with van der Waals surface area (Å²) >= 11 is 0. The fraction of sp³-hybridized carbons (Fsp3) is 0.308. The zero-order valence-corrected chi connectivity index (χ0v) is 25.9. The maximum absolute atomic E-state index is 4.80. The van der Waals surface area contributed by atoms with E-state index in [4.69, 9.17) is 4.98 Å². The SMILES string of the molecule is C=C/C=C(/C)C(=C)C(=C)/C=C/C(C(/C=C\C)=C(/C)C(=C)C)C(C=CC)(C(C)C)C1CC=CC=C1c1ccccn1. The first kappa shape index (κ1) is 32.5. The van der Waals surface area contributed by atoms with Gasteiger partial charge in [0.25, 0.3) is 0 Å². The molecule has 0 fully saturated rings. The number of hydrogen-bond acceptors (Lipinski definition) is 1. The zero-order valence-electron chi connectivity index (χ0n) is 25.9. The van der Waals surface area contributed by atoms with Crippen LogP contribution in [0.15, 0.2) is 151 Å². The van der Waals surface area contributed by atoms with E-state index in [1.165, 1.54) is 16.7 Å². The van der Waals surface area contributed by atoms with Gasteiger partial charge in [-0.15, -0.1) is 0 Å². The van der Waals surface area contributed by atoms with Gasteiger partial charge in [-0.1, -0.05) is 119 Å². The Morgan fingerprint density at radius 1 is 1.05 bits per heavy atom. The van der Waals surface area contributed by atoms with Gasteiger partial charge in [0.15, 0.2) is 0 Å². The van der Waals surface area contributed by atoms with Crippen molar-refractivity contribution in [2.45, 2.75) is 54.9 Å². The Morgan fingerprint density at radius 2 is 1.77 bits per heavy atom. The van der Waals surface area contributed by atoms with E-state index in [0.717, 1.165) is 34.4 Å². The average Bonchev–Trinajstić information content (AvgIpc) is 2.95. The van der Waals surface area contributed by atoms with Gasteiger partial charge < -0.3 is 0 Å². The van der Waals surface area contributed by atoms with E-state index in [-0.39, 0.29) is 17.3 Å². The van der Waals surface area contributed by atoms with Crippen molar-refractivity contribution in [3.05, 3.63) is 157 Å². The molecular weight excluding hydrogens is 482 g/mol. The molecule has 1 heterocycles. The lowest BCUT2D eigenvalue weighted by Crippen LogP contribution is -2.42. The van der Waals surface area contributed by atoms with Crippen molar-refractivity contribution < 1.29 is 0 Å². The maximum Gasteiger partial charge on any atom is 0.0664 e. The van der Waals surface area contributed by atoms with E-state index in [0.29, 0.717) is 5.92 Å². The standard InChI is InChI=1S/C39H49N/c1-12-19-30(8)33(11)31(9)24-25-37(34(20-13-2)32(10)28(4)5)39(26-14-3,29(6)7)36-22-16-15-21-35(36)38-23-17-18-27-40-38/h12-21,23-27,29,36-37H,1,4,9,11,22H2,2-3,5-8,10H3/b20-13-,25-24+,26-14?,30-19-,34-32-. The molecule has 1 aromatic rings. The summed E-state index contributed by atoms with van der Waals surface area (Å²) in [5.74, 6) is 0.544. The van der Waals surface area contributed by atoms with Crippen molar-refractivity contribution >= 4 is 5.57 Å². The molecule has 0 N–H and O–H groups in total. The van der Waals surface area contributed by atoms with Crippen LogP contribution in [-0.2, 0) is 0 Å². The van der Waals surface area contributed by atoms with Gasteiger partial charge in [-0.3, -0.25) is 4.98 Å². The van der Waals surface area contributed by atoms with Gasteiger partial charge >= 0.3 is 0 Å². The van der Waals surface area contributed by atoms with Crippen molar-refractivity contribution in [2.24, 2.45) is 23.2 Å². The van der Waals surface area contributed by atoms with Crippen molar-refractivity contribution in [1.29, 1.82) is 0 Å². The Hall–Kier alpha value is -3.71. The normalized spacial score (nSPS) is 19.1. The largest absolute Gasteiger partial charge is 0.257 e. The molecule has 3 unspecified atom stereocenters. The minimum atomic E-state index is -0.265. The molecule has 0 bridgehead atoms. The molecule has 0 spiro atoms. The summed E-state index contributed by atoms with van der Waals surface area (Å²) in [6, 6.07) is 6.19. The lowest BCUT2D eigenvalue weighted by molar-refractivity contribution is 0.149. The first-order valence-corrected chi connectivity index (χ1v) is 14.3. The highest BCUT2D eigenvalue weighted by atomic mass is 14.7. The Kier molecular flexibility index (Phi) is 12.3. The highest BCUT2D eigenvalue weighted by Crippen LogP contribution is 2.55. The predicted octanol–water partition coefficient (Wildman–Crippen LogP) is 11.1. The number of hydrogen-bond donors (Lipinski definition) is 0. The third kappa shape index (κ3) is 7.27. The van der Waals surface area contributed by atoms with Crippen LogP contribution < -0.4 is 0 Å². The maximum atomic E-state index is 4.80. The third-order valence-electron chi connectivity index (χ3n) is 8.19. The molecular formula is C39H49N. The van der Waals surface area contributed by atoms with Gasteiger partial charge in [0, 0.05) is 17.5 Å². The Balaban J connectivity index is 2.94. The summed E-state index contributed by atoms with van der Waals surface area (Å²) in [4.78, 5) is 4.80. The van der Waals surface area contributed by atoms with E-state index in [9.17, 15) is 0 Å². The lowest BCUT2D eigenvalue weighted by atomic mass is 9.54. The fourth-order valence-corrected chi connectivity index (χ4v) is 5.85. The summed E-state index contributed by atoms with van der Waals surface area (Å²) in [5, 5.41) is 0. The molecule has 0 radical (unpaired) electrons. The monoisotopic (exact) mass is 531 g/mol. The van der Waals surface area contributed by atoms with E-state index >= 15 is 0 Å². The molecule has 2 rings (SSSR count). The van der Waals surface area contributed by atoms with Crippen molar-refractivity contribution in [1.82, 2.24) is 4.98 Å². The van der Waals surface area contributed by atoms with Crippen molar-refractivity contribution in [2.75, 3.05) is 0 Å². The van der Waals surface area contributed by atoms with Crippen LogP contribution in [0.1, 0.15) is 60.6 Å². The van der Waals surface area contributed by atoms with Gasteiger partial charge in [0.2, 0.25) is 0 Å². The molecule has 40 heavy (non-hydrogen) atoms. The van der Waals surface area contributed by atoms with Crippen molar-refractivity contribution in [3.63, 3.8) is 0 Å². The molecule has 0 saturated heterocycles. The van der Waals surface area contributed by atoms with Crippen LogP contribution in [0.4, 0.5) is 0 Å². The predicted molar refractivity (Wildman–Crippen MR) is 179 cm³/mol. The molecule has 0 saturated carbocycles. The Morgan fingerprint density at radius 3 is 2.33 bits per heavy atom. The van der Waals surface area contributed by atoms with Crippen LogP contribution in [0.25, 0.3) is 5.57 Å². The molecule has 1 heteroatoms. The Labute approximate surface area is 244 Å². The molecule has 0 aromatic carbocycles. The van der Waals surface area contributed by atoms with Gasteiger partial charge in [0.05, 0.1) is 5.69 Å². The van der Waals surface area contributed by atoms with E-state index in [2.05, 4.69) is 135 Å². The molecule has 0 aliphatic heterocycles. The minimum absolute atomic E-state index is 0.0356. The first-order valence-electron chi connectivity index (χ1n) is 14.3. The topological polar surface area (TPSA) is 12.9 Å². The number of pyridine rings is 1. The summed E-state index contributed by atoms with van der Waals surface area (Å²) in [6.45, 7) is 32.2. The van der Waals surface area contributed by atoms with Crippen LogP contribution in [0, 0.1) is 23.2 Å². The minimum Gasteiger partial charge on any atom is -0.257 e. The van der Waals surface area contributed by atoms with Crippen molar-refractivity contribution in [3.8, 4) is 0 Å². The highest BCUT2D eigenvalue weighted by Gasteiger charge is 2.47. The van der Waals surface area contributed by atoms with Gasteiger partial charge in [-0.25, -0.2) is 0 Å². The summed E-state index contributed by atoms with van der Waals surface area (Å²) in [6.07, 6.45) is 26.9. The van der Waals surface area contributed by atoms with E-state index < -0.39 is 0 Å². The molecule has 1 aliphatic carbocycles. The molecule has 1 nitrogen and oxygen atoms in total. The summed E-state index contributed by atoms with van der Waals surface area (Å²) in [7, 11) is 0. The zero-order chi connectivity index (χ0) is 29.9. The highest BCUT2D eigenvalue weighted by molar-refractivity contribution is 5.69. The first-order chi connectivity index (χ1) is 19.1. The molecule has 1 aromatic heterocycles. The van der Waals surface area contributed by atoms with E-state index in [1.807, 2.05) is 25.3 Å². The second-order valence-electron chi connectivity index (χ2n) is 11.0. The van der Waals surface area contributed by atoms with Gasteiger partial charge in [-0.05, 0) is 98.4 Å². The summed E-state index contributed by atoms with van der Waals surface area (Å²) in [5.41, 5.74) is 8.47. The van der Waals surface area contributed by atoms with Crippen LogP contribution >= 0.6 is 0 Å². The number of aromatic nitrogens is 1. The molecule has 0 amide bonds. The second-order valence-corrected chi connectivity index (χ2v) is 11.0. The van der Waals surface area contributed by atoms with Crippen LogP contribution in [-0.4, -0.2) is 4.98 Å². The third-order valence-corrected chi connectivity index (χ3v) is 8.19. The smallest absolute Gasteiger partial charge is 0.0664 e. The van der Waals surface area contributed by atoms with Crippen LogP contribution in [0.2, 0.25) is 0 Å².